The van der Waals surface area contributed by atoms with E-state index >= 15 is 0 Å². The zero-order chi connectivity index (χ0) is 10.3. The lowest BCUT2D eigenvalue weighted by Crippen LogP contribution is -1.82. The minimum atomic E-state index is 0.753. The molecule has 4 heteroatoms. The monoisotopic (exact) mass is 215 g/mol. The molecule has 3 rings (SSSR count). The van der Waals surface area contributed by atoms with E-state index in [4.69, 9.17) is 5.73 Å². The van der Waals surface area contributed by atoms with Crippen molar-refractivity contribution in [1.82, 2.24) is 9.97 Å². The molecule has 74 valence electrons. The first-order chi connectivity index (χ1) is 7.33. The highest BCUT2D eigenvalue weighted by molar-refractivity contribution is 7.08. The van der Waals surface area contributed by atoms with Crippen LogP contribution in [-0.4, -0.2) is 9.97 Å². The highest BCUT2D eigenvalue weighted by atomic mass is 32.1. The maximum Gasteiger partial charge on any atom is 0.139 e. The fourth-order valence-electron chi connectivity index (χ4n) is 1.56. The van der Waals surface area contributed by atoms with Crippen LogP contribution in [0.3, 0.4) is 0 Å². The number of thiophene rings is 1. The van der Waals surface area contributed by atoms with Crippen LogP contribution in [0.5, 0.6) is 0 Å². The SMILES string of the molecule is Nc1ccc2nc(-c3ccsc3)[nH]c2c1. The second kappa shape index (κ2) is 3.10. The number of aromatic amines is 1. The van der Waals surface area contributed by atoms with Crippen molar-refractivity contribution in [3.05, 3.63) is 35.0 Å². The van der Waals surface area contributed by atoms with Crippen molar-refractivity contribution in [2.45, 2.75) is 0 Å². The summed E-state index contributed by atoms with van der Waals surface area (Å²) in [7, 11) is 0. The van der Waals surface area contributed by atoms with Crippen LogP contribution in [-0.2, 0) is 0 Å². The number of aromatic nitrogens is 2. The summed E-state index contributed by atoms with van der Waals surface area (Å²) in [5.41, 5.74) is 9.51. The number of anilines is 1. The van der Waals surface area contributed by atoms with Crippen LogP contribution >= 0.6 is 11.3 Å². The van der Waals surface area contributed by atoms with E-state index in [1.807, 2.05) is 29.6 Å². The summed E-state index contributed by atoms with van der Waals surface area (Å²) < 4.78 is 0. The van der Waals surface area contributed by atoms with E-state index in [1.165, 1.54) is 0 Å². The van der Waals surface area contributed by atoms with Crippen LogP contribution in [0.2, 0.25) is 0 Å². The Morgan fingerprint density at radius 1 is 1.27 bits per heavy atom. The van der Waals surface area contributed by atoms with Gasteiger partial charge in [0.1, 0.15) is 5.82 Å². The smallest absolute Gasteiger partial charge is 0.139 e. The third kappa shape index (κ3) is 1.39. The number of imidazole rings is 1. The zero-order valence-corrected chi connectivity index (χ0v) is 8.71. The summed E-state index contributed by atoms with van der Waals surface area (Å²) in [6, 6.07) is 7.74. The molecule has 0 bridgehead atoms. The van der Waals surface area contributed by atoms with Crippen LogP contribution in [0.15, 0.2) is 35.0 Å². The van der Waals surface area contributed by atoms with Crippen LogP contribution in [0, 0.1) is 0 Å². The summed E-state index contributed by atoms with van der Waals surface area (Å²) >= 11 is 1.66. The Hall–Kier alpha value is -1.81. The van der Waals surface area contributed by atoms with Gasteiger partial charge in [0.15, 0.2) is 0 Å². The van der Waals surface area contributed by atoms with Gasteiger partial charge in [0.05, 0.1) is 11.0 Å². The number of nitrogens with zero attached hydrogens (tertiary/aromatic N) is 1. The number of benzene rings is 1. The maximum atomic E-state index is 5.71. The Morgan fingerprint density at radius 3 is 3.00 bits per heavy atom. The fraction of sp³-hybridized carbons (Fsp3) is 0. The van der Waals surface area contributed by atoms with E-state index < -0.39 is 0 Å². The van der Waals surface area contributed by atoms with Crippen molar-refractivity contribution in [2.24, 2.45) is 0 Å². The number of hydrogen-bond donors (Lipinski definition) is 2. The fourth-order valence-corrected chi connectivity index (χ4v) is 2.20. The number of nitrogens with two attached hydrogens (primary N) is 1. The molecule has 1 aromatic carbocycles. The van der Waals surface area contributed by atoms with E-state index in [9.17, 15) is 0 Å². The highest BCUT2D eigenvalue weighted by Gasteiger charge is 2.04. The summed E-state index contributed by atoms with van der Waals surface area (Å²) in [6.45, 7) is 0. The summed E-state index contributed by atoms with van der Waals surface area (Å²) in [5, 5.41) is 4.11. The van der Waals surface area contributed by atoms with Gasteiger partial charge in [-0.3, -0.25) is 0 Å². The molecule has 2 aromatic heterocycles. The molecule has 0 fully saturated rings. The predicted molar refractivity (Wildman–Crippen MR) is 63.8 cm³/mol. The third-order valence-corrected chi connectivity index (χ3v) is 2.98. The summed E-state index contributed by atoms with van der Waals surface area (Å²) in [5.74, 6) is 0.900. The molecule has 0 amide bonds. The molecular weight excluding hydrogens is 206 g/mol. The lowest BCUT2D eigenvalue weighted by Gasteiger charge is -1.89. The van der Waals surface area contributed by atoms with Crippen molar-refractivity contribution in [3.63, 3.8) is 0 Å². The van der Waals surface area contributed by atoms with Crippen molar-refractivity contribution in [2.75, 3.05) is 5.73 Å². The van der Waals surface area contributed by atoms with Crippen LogP contribution in [0.4, 0.5) is 5.69 Å². The Balaban J connectivity index is 2.22. The molecule has 0 unspecified atom stereocenters. The average Bonchev–Trinajstić information content (AvgIpc) is 2.84. The number of nitrogens with one attached hydrogen (secondary N) is 1. The molecule has 15 heavy (non-hydrogen) atoms. The predicted octanol–water partition coefficient (Wildman–Crippen LogP) is 2.87. The summed E-state index contributed by atoms with van der Waals surface area (Å²) in [4.78, 5) is 7.75. The van der Waals surface area contributed by atoms with Crippen LogP contribution in [0.25, 0.3) is 22.4 Å². The van der Waals surface area contributed by atoms with Gasteiger partial charge in [-0.15, -0.1) is 0 Å². The van der Waals surface area contributed by atoms with Crippen molar-refractivity contribution < 1.29 is 0 Å². The molecule has 0 saturated heterocycles. The molecular formula is C11H9N3S. The van der Waals surface area contributed by atoms with E-state index in [0.29, 0.717) is 0 Å². The number of nitrogen functional groups attached to an aromatic ring is 1. The van der Waals surface area contributed by atoms with Crippen molar-refractivity contribution >= 4 is 28.1 Å². The van der Waals surface area contributed by atoms with Crippen molar-refractivity contribution in [1.29, 1.82) is 0 Å². The van der Waals surface area contributed by atoms with Gasteiger partial charge in [0.2, 0.25) is 0 Å². The first kappa shape index (κ1) is 8.49. The Bertz CT molecular complexity index is 595. The minimum Gasteiger partial charge on any atom is -0.399 e. The van der Waals surface area contributed by atoms with Crippen LogP contribution in [0.1, 0.15) is 0 Å². The van der Waals surface area contributed by atoms with E-state index in [2.05, 4.69) is 15.3 Å². The largest absolute Gasteiger partial charge is 0.399 e. The molecule has 3 N–H and O–H groups in total. The standard InChI is InChI=1S/C11H9N3S/c12-8-1-2-9-10(5-8)14-11(13-9)7-3-4-15-6-7/h1-6H,12H2,(H,13,14). The molecule has 0 radical (unpaired) electrons. The van der Waals surface area contributed by atoms with E-state index in [-0.39, 0.29) is 0 Å². The molecule has 0 aliphatic carbocycles. The van der Waals surface area contributed by atoms with E-state index in [1.54, 1.807) is 11.3 Å². The Labute approximate surface area is 90.6 Å². The summed E-state index contributed by atoms with van der Waals surface area (Å²) in [6.07, 6.45) is 0. The van der Waals surface area contributed by atoms with Gasteiger partial charge in [-0.2, -0.15) is 11.3 Å². The van der Waals surface area contributed by atoms with Gasteiger partial charge >= 0.3 is 0 Å². The number of hydrogen-bond acceptors (Lipinski definition) is 3. The Kier molecular flexibility index (Phi) is 1.76. The normalized spacial score (nSPS) is 10.9. The minimum absolute atomic E-state index is 0.753. The number of rotatable bonds is 1. The topological polar surface area (TPSA) is 54.7 Å². The zero-order valence-electron chi connectivity index (χ0n) is 7.90. The highest BCUT2D eigenvalue weighted by Crippen LogP contribution is 2.23. The average molecular weight is 215 g/mol. The second-order valence-corrected chi connectivity index (χ2v) is 4.15. The molecule has 3 nitrogen and oxygen atoms in total. The molecule has 0 atom stereocenters. The van der Waals surface area contributed by atoms with Gasteiger partial charge in [0.25, 0.3) is 0 Å². The molecule has 0 aliphatic heterocycles. The third-order valence-electron chi connectivity index (χ3n) is 2.30. The second-order valence-electron chi connectivity index (χ2n) is 3.37. The lowest BCUT2D eigenvalue weighted by molar-refractivity contribution is 1.35. The van der Waals surface area contributed by atoms with Crippen molar-refractivity contribution in [3.8, 4) is 11.4 Å². The van der Waals surface area contributed by atoms with Crippen LogP contribution < -0.4 is 5.73 Å². The van der Waals surface area contributed by atoms with E-state index in [0.717, 1.165) is 28.1 Å². The molecule has 2 heterocycles. The molecule has 0 spiro atoms. The quantitative estimate of drug-likeness (QED) is 0.613. The number of fused-ring (bicyclic) bond motifs is 1. The maximum absolute atomic E-state index is 5.71. The Morgan fingerprint density at radius 2 is 2.20 bits per heavy atom. The van der Waals surface area contributed by atoms with Gasteiger partial charge in [-0.25, -0.2) is 4.98 Å². The number of H-pyrrole nitrogens is 1. The molecule has 0 aliphatic rings. The van der Waals surface area contributed by atoms with Gasteiger partial charge in [-0.1, -0.05) is 0 Å². The van der Waals surface area contributed by atoms with Gasteiger partial charge < -0.3 is 10.7 Å². The molecule has 3 aromatic rings. The molecule has 0 saturated carbocycles. The van der Waals surface area contributed by atoms with Gasteiger partial charge in [0, 0.05) is 16.6 Å². The lowest BCUT2D eigenvalue weighted by atomic mass is 10.3. The first-order valence-corrected chi connectivity index (χ1v) is 5.55. The van der Waals surface area contributed by atoms with Gasteiger partial charge in [-0.05, 0) is 29.6 Å². The first-order valence-electron chi connectivity index (χ1n) is 4.61.